The lowest BCUT2D eigenvalue weighted by atomic mass is 9.85. The Balaban J connectivity index is 1.13. The first-order valence-electron chi connectivity index (χ1n) is 16.8. The molecule has 1 heteroatoms. The summed E-state index contributed by atoms with van der Waals surface area (Å²) in [6.07, 6.45) is 0. The van der Waals surface area contributed by atoms with Crippen molar-refractivity contribution in [1.82, 2.24) is 0 Å². The van der Waals surface area contributed by atoms with Gasteiger partial charge in [-0.1, -0.05) is 164 Å². The van der Waals surface area contributed by atoms with Crippen molar-refractivity contribution in [3.8, 4) is 44.5 Å². The van der Waals surface area contributed by atoms with Crippen LogP contribution in [0, 0.1) is 0 Å². The molecule has 0 radical (unpaired) electrons. The first kappa shape index (κ1) is 28.0. The van der Waals surface area contributed by atoms with Crippen molar-refractivity contribution >= 4 is 63.8 Å². The zero-order valence-electron chi connectivity index (χ0n) is 26.7. The molecule has 0 bridgehead atoms. The summed E-state index contributed by atoms with van der Waals surface area (Å²) < 4.78 is 2.69. The molecule has 1 heterocycles. The van der Waals surface area contributed by atoms with Gasteiger partial charge < -0.3 is 0 Å². The standard InChI is InChI=1S/C48H30S/c1-2-12-34-29-36(28-23-31(34)11-1)35-13-9-14-37(30-35)47-42-18-5-3-16-40(42)46(41-17-4-6-19-43(41)47)33-26-24-32(25-27-33)38-20-10-21-44-39-15-7-8-22-45(39)49-48(38)44/h1-30H. The Morgan fingerprint density at radius 2 is 0.796 bits per heavy atom. The Morgan fingerprint density at radius 3 is 1.53 bits per heavy atom. The van der Waals surface area contributed by atoms with Crippen LogP contribution in [0.5, 0.6) is 0 Å². The van der Waals surface area contributed by atoms with E-state index in [0.29, 0.717) is 0 Å². The van der Waals surface area contributed by atoms with Crippen LogP contribution >= 0.6 is 11.3 Å². The monoisotopic (exact) mass is 638 g/mol. The van der Waals surface area contributed by atoms with Gasteiger partial charge in [-0.15, -0.1) is 11.3 Å². The van der Waals surface area contributed by atoms with Gasteiger partial charge in [0.1, 0.15) is 0 Å². The summed E-state index contributed by atoms with van der Waals surface area (Å²) in [6, 6.07) is 67.0. The Hall–Kier alpha value is -6.02. The minimum Gasteiger partial charge on any atom is -0.135 e. The summed E-state index contributed by atoms with van der Waals surface area (Å²) >= 11 is 1.89. The molecule has 0 aliphatic rings. The Labute approximate surface area is 289 Å². The highest BCUT2D eigenvalue weighted by Crippen LogP contribution is 2.45. The van der Waals surface area contributed by atoms with E-state index in [1.807, 2.05) is 11.3 Å². The zero-order chi connectivity index (χ0) is 32.3. The zero-order valence-corrected chi connectivity index (χ0v) is 27.5. The number of fused-ring (bicyclic) bond motifs is 6. The summed E-state index contributed by atoms with van der Waals surface area (Å²) in [5, 5.41) is 10.3. The van der Waals surface area contributed by atoms with E-state index in [0.717, 1.165) is 0 Å². The highest BCUT2D eigenvalue weighted by atomic mass is 32.1. The number of rotatable bonds is 4. The molecule has 0 saturated heterocycles. The van der Waals surface area contributed by atoms with Gasteiger partial charge in [-0.05, 0) is 95.0 Å². The molecular weight excluding hydrogens is 609 g/mol. The van der Waals surface area contributed by atoms with Crippen LogP contribution in [0.25, 0.3) is 97.0 Å². The minimum atomic E-state index is 1.23. The molecule has 0 N–H and O–H groups in total. The summed E-state index contributed by atoms with van der Waals surface area (Å²) in [7, 11) is 0. The van der Waals surface area contributed by atoms with Crippen molar-refractivity contribution in [1.29, 1.82) is 0 Å². The topological polar surface area (TPSA) is 0 Å². The summed E-state index contributed by atoms with van der Waals surface area (Å²) in [5.41, 5.74) is 10.0. The fraction of sp³-hybridized carbons (Fsp3) is 0. The Kier molecular flexibility index (Phi) is 6.47. The van der Waals surface area contributed by atoms with E-state index in [1.165, 1.54) is 97.0 Å². The summed E-state index contributed by atoms with van der Waals surface area (Å²) in [5.74, 6) is 0. The van der Waals surface area contributed by atoms with Crippen LogP contribution in [0.1, 0.15) is 0 Å². The van der Waals surface area contributed by atoms with Crippen LogP contribution < -0.4 is 0 Å². The molecule has 9 aromatic carbocycles. The van der Waals surface area contributed by atoms with Crippen molar-refractivity contribution < 1.29 is 0 Å². The van der Waals surface area contributed by atoms with E-state index < -0.39 is 0 Å². The number of hydrogen-bond donors (Lipinski definition) is 0. The largest absolute Gasteiger partial charge is 0.135 e. The van der Waals surface area contributed by atoms with Gasteiger partial charge in [0.05, 0.1) is 0 Å². The minimum absolute atomic E-state index is 1.23. The van der Waals surface area contributed by atoms with Crippen LogP contribution in [-0.2, 0) is 0 Å². The second kappa shape index (κ2) is 11.3. The van der Waals surface area contributed by atoms with Crippen LogP contribution in [0.2, 0.25) is 0 Å². The van der Waals surface area contributed by atoms with E-state index in [4.69, 9.17) is 0 Å². The van der Waals surface area contributed by atoms with Crippen molar-refractivity contribution in [2.75, 3.05) is 0 Å². The molecule has 0 nitrogen and oxygen atoms in total. The third kappa shape index (κ3) is 4.58. The van der Waals surface area contributed by atoms with Gasteiger partial charge in [-0.2, -0.15) is 0 Å². The van der Waals surface area contributed by atoms with Gasteiger partial charge >= 0.3 is 0 Å². The van der Waals surface area contributed by atoms with Crippen LogP contribution in [0.3, 0.4) is 0 Å². The third-order valence-corrected chi connectivity index (χ3v) is 11.3. The van der Waals surface area contributed by atoms with Gasteiger partial charge in [-0.3, -0.25) is 0 Å². The highest BCUT2D eigenvalue weighted by Gasteiger charge is 2.17. The predicted octanol–water partition coefficient (Wildman–Crippen LogP) is 14.2. The number of thiophene rings is 1. The molecule has 10 rings (SSSR count). The van der Waals surface area contributed by atoms with Crippen LogP contribution in [-0.4, -0.2) is 0 Å². The molecule has 0 saturated carbocycles. The smallest absolute Gasteiger partial charge is 0.0433 e. The normalized spacial score (nSPS) is 11.7. The van der Waals surface area contributed by atoms with E-state index in [-0.39, 0.29) is 0 Å². The number of hydrogen-bond acceptors (Lipinski definition) is 1. The molecule has 0 aliphatic heterocycles. The average Bonchev–Trinajstić information content (AvgIpc) is 3.56. The molecule has 10 aromatic rings. The lowest BCUT2D eigenvalue weighted by molar-refractivity contribution is 1.62. The average molecular weight is 639 g/mol. The molecule has 0 spiro atoms. The highest BCUT2D eigenvalue weighted by molar-refractivity contribution is 7.26. The number of benzene rings is 9. The van der Waals surface area contributed by atoms with E-state index >= 15 is 0 Å². The molecular formula is C48H30S. The fourth-order valence-electron chi connectivity index (χ4n) is 7.76. The summed E-state index contributed by atoms with van der Waals surface area (Å²) in [4.78, 5) is 0. The van der Waals surface area contributed by atoms with Gasteiger partial charge in [-0.25, -0.2) is 0 Å². The third-order valence-electron chi connectivity index (χ3n) is 10.1. The second-order valence-corrected chi connectivity index (χ2v) is 13.9. The van der Waals surface area contributed by atoms with Gasteiger partial charge in [0, 0.05) is 20.2 Å². The second-order valence-electron chi connectivity index (χ2n) is 12.8. The lowest BCUT2D eigenvalue weighted by Crippen LogP contribution is -1.91. The van der Waals surface area contributed by atoms with Crippen LogP contribution in [0.15, 0.2) is 182 Å². The SMILES string of the molecule is c1cc(-c2ccc3ccccc3c2)cc(-c2c3ccccc3c(-c3ccc(-c4cccc5c4sc4ccccc45)cc3)c3ccccc23)c1. The van der Waals surface area contributed by atoms with Crippen LogP contribution in [0.4, 0.5) is 0 Å². The molecule has 0 fully saturated rings. The Morgan fingerprint density at radius 1 is 0.286 bits per heavy atom. The maximum Gasteiger partial charge on any atom is 0.0433 e. The molecule has 0 atom stereocenters. The molecule has 228 valence electrons. The Bertz CT molecular complexity index is 2810. The fourth-order valence-corrected chi connectivity index (χ4v) is 9.00. The molecule has 1 aromatic heterocycles. The van der Waals surface area contributed by atoms with Crippen molar-refractivity contribution in [3.05, 3.63) is 182 Å². The maximum absolute atomic E-state index is 2.36. The van der Waals surface area contributed by atoms with E-state index in [9.17, 15) is 0 Å². The lowest BCUT2D eigenvalue weighted by Gasteiger charge is -2.18. The van der Waals surface area contributed by atoms with Gasteiger partial charge in [0.2, 0.25) is 0 Å². The van der Waals surface area contributed by atoms with Crippen molar-refractivity contribution in [2.24, 2.45) is 0 Å². The van der Waals surface area contributed by atoms with E-state index in [2.05, 4.69) is 182 Å². The first-order valence-corrected chi connectivity index (χ1v) is 17.7. The summed E-state index contributed by atoms with van der Waals surface area (Å²) in [6.45, 7) is 0. The van der Waals surface area contributed by atoms with Gasteiger partial charge in [0.15, 0.2) is 0 Å². The van der Waals surface area contributed by atoms with E-state index in [1.54, 1.807) is 0 Å². The first-order chi connectivity index (χ1) is 24.3. The molecule has 0 aliphatic carbocycles. The molecule has 0 amide bonds. The quantitative estimate of drug-likeness (QED) is 0.168. The predicted molar refractivity (Wildman–Crippen MR) is 214 cm³/mol. The van der Waals surface area contributed by atoms with Crippen molar-refractivity contribution in [3.63, 3.8) is 0 Å². The van der Waals surface area contributed by atoms with Gasteiger partial charge in [0.25, 0.3) is 0 Å². The molecule has 49 heavy (non-hydrogen) atoms. The molecule has 0 unspecified atom stereocenters. The van der Waals surface area contributed by atoms with Crippen molar-refractivity contribution in [2.45, 2.75) is 0 Å². The maximum atomic E-state index is 2.36.